The highest BCUT2D eigenvalue weighted by molar-refractivity contribution is 9.10. The zero-order chi connectivity index (χ0) is 23.9. The van der Waals surface area contributed by atoms with Gasteiger partial charge in [-0.1, -0.05) is 51.8 Å². The summed E-state index contributed by atoms with van der Waals surface area (Å²) in [4.78, 5) is 38.5. The number of hydrogen-bond donors (Lipinski definition) is 1. The molecule has 0 saturated heterocycles. The van der Waals surface area contributed by atoms with Crippen molar-refractivity contribution in [2.45, 2.75) is 32.4 Å². The van der Waals surface area contributed by atoms with Gasteiger partial charge in [0.15, 0.2) is 11.4 Å². The van der Waals surface area contributed by atoms with Gasteiger partial charge in [0, 0.05) is 27.7 Å². The number of nitro benzene ring substituents is 1. The highest BCUT2D eigenvalue weighted by Crippen LogP contribution is 2.45. The van der Waals surface area contributed by atoms with E-state index in [4.69, 9.17) is 0 Å². The van der Waals surface area contributed by atoms with E-state index in [0.717, 1.165) is 22.8 Å². The van der Waals surface area contributed by atoms with Crippen LogP contribution in [0.4, 0.5) is 11.4 Å². The molecule has 0 fully saturated rings. The summed E-state index contributed by atoms with van der Waals surface area (Å²) < 4.78 is 0.656. The molecule has 33 heavy (non-hydrogen) atoms. The van der Waals surface area contributed by atoms with Crippen molar-refractivity contribution in [3.05, 3.63) is 103 Å². The predicted octanol–water partition coefficient (Wildman–Crippen LogP) is 4.98. The molecule has 1 unspecified atom stereocenters. The molecule has 1 atom stereocenters. The standard InChI is InChI=1S/C25H21BrN2O5/c1-15-6-7-16(2)18(10-15)14-27-22-9-8-19(26)12-21(22)25(31,24(27)30)13-23(29)17-4-3-5-20(11-17)28(32)33/h3-12,31H,13-14H2,1-2H3. The first kappa shape index (κ1) is 22.8. The maximum absolute atomic E-state index is 13.5. The van der Waals surface area contributed by atoms with Gasteiger partial charge in [0.25, 0.3) is 11.6 Å². The molecular formula is C25H21BrN2O5. The second-order valence-corrected chi connectivity index (χ2v) is 9.17. The zero-order valence-electron chi connectivity index (χ0n) is 18.0. The number of aliphatic hydroxyl groups is 1. The average molecular weight is 509 g/mol. The Labute approximate surface area is 198 Å². The van der Waals surface area contributed by atoms with Crippen LogP contribution in [0.3, 0.4) is 0 Å². The van der Waals surface area contributed by atoms with Crippen molar-refractivity contribution in [3.63, 3.8) is 0 Å². The molecule has 0 radical (unpaired) electrons. The Hall–Kier alpha value is -3.36. The van der Waals surface area contributed by atoms with E-state index < -0.39 is 28.6 Å². The molecule has 0 spiro atoms. The molecule has 1 aliphatic heterocycles. The summed E-state index contributed by atoms with van der Waals surface area (Å²) in [6.07, 6.45) is -0.528. The number of anilines is 1. The van der Waals surface area contributed by atoms with E-state index in [1.54, 1.807) is 18.2 Å². The topological polar surface area (TPSA) is 101 Å². The van der Waals surface area contributed by atoms with Gasteiger partial charge < -0.3 is 10.0 Å². The first-order valence-corrected chi connectivity index (χ1v) is 11.1. The number of hydrogen-bond acceptors (Lipinski definition) is 5. The van der Waals surface area contributed by atoms with Crippen LogP contribution in [0, 0.1) is 24.0 Å². The summed E-state index contributed by atoms with van der Waals surface area (Å²) in [7, 11) is 0. The van der Waals surface area contributed by atoms with Crippen LogP contribution in [0.1, 0.15) is 39.0 Å². The van der Waals surface area contributed by atoms with Gasteiger partial charge in [0.05, 0.1) is 23.6 Å². The third-order valence-electron chi connectivity index (χ3n) is 5.92. The van der Waals surface area contributed by atoms with Crippen LogP contribution >= 0.6 is 15.9 Å². The highest BCUT2D eigenvalue weighted by Gasteiger charge is 2.51. The number of rotatable bonds is 6. The Morgan fingerprint density at radius 1 is 1.12 bits per heavy atom. The van der Waals surface area contributed by atoms with Crippen LogP contribution in [-0.2, 0) is 16.9 Å². The van der Waals surface area contributed by atoms with Gasteiger partial charge in [-0.05, 0) is 43.2 Å². The van der Waals surface area contributed by atoms with Gasteiger partial charge in [0.2, 0.25) is 0 Å². The Kier molecular flexibility index (Phi) is 5.90. The zero-order valence-corrected chi connectivity index (χ0v) is 19.6. The third kappa shape index (κ3) is 4.19. The predicted molar refractivity (Wildman–Crippen MR) is 127 cm³/mol. The fraction of sp³-hybridized carbons (Fsp3) is 0.200. The number of nitrogens with zero attached hydrogens (tertiary/aromatic N) is 2. The summed E-state index contributed by atoms with van der Waals surface area (Å²) >= 11 is 3.38. The van der Waals surface area contributed by atoms with E-state index in [9.17, 15) is 24.8 Å². The fourth-order valence-corrected chi connectivity index (χ4v) is 4.48. The average Bonchev–Trinajstić information content (AvgIpc) is 2.97. The van der Waals surface area contributed by atoms with Gasteiger partial charge in [0.1, 0.15) is 0 Å². The molecule has 4 rings (SSSR count). The summed E-state index contributed by atoms with van der Waals surface area (Å²) in [5, 5.41) is 22.6. The minimum Gasteiger partial charge on any atom is -0.375 e. The van der Waals surface area contributed by atoms with Crippen LogP contribution in [-0.4, -0.2) is 21.7 Å². The van der Waals surface area contributed by atoms with E-state index >= 15 is 0 Å². The van der Waals surface area contributed by atoms with E-state index in [1.165, 1.54) is 23.1 Å². The summed E-state index contributed by atoms with van der Waals surface area (Å²) in [5.74, 6) is -1.16. The van der Waals surface area contributed by atoms with E-state index in [-0.39, 0.29) is 17.8 Å². The molecule has 3 aromatic carbocycles. The largest absolute Gasteiger partial charge is 0.375 e. The van der Waals surface area contributed by atoms with Crippen LogP contribution in [0.25, 0.3) is 0 Å². The summed E-state index contributed by atoms with van der Waals surface area (Å²) in [5.41, 5.74) is 1.60. The monoisotopic (exact) mass is 508 g/mol. The molecule has 168 valence electrons. The number of fused-ring (bicyclic) bond motifs is 1. The van der Waals surface area contributed by atoms with Crippen molar-refractivity contribution < 1.29 is 19.6 Å². The number of carbonyl (C=O) groups is 2. The normalized spacial score (nSPS) is 17.2. The van der Waals surface area contributed by atoms with Gasteiger partial charge in [-0.3, -0.25) is 19.7 Å². The maximum atomic E-state index is 13.5. The molecule has 1 amide bonds. The van der Waals surface area contributed by atoms with Gasteiger partial charge in [-0.25, -0.2) is 0 Å². The smallest absolute Gasteiger partial charge is 0.270 e. The number of halogens is 1. The highest BCUT2D eigenvalue weighted by atomic mass is 79.9. The molecule has 1 N–H and O–H groups in total. The Morgan fingerprint density at radius 2 is 1.88 bits per heavy atom. The molecule has 0 saturated carbocycles. The molecule has 1 aliphatic rings. The molecule has 0 aromatic heterocycles. The molecular weight excluding hydrogens is 488 g/mol. The van der Waals surface area contributed by atoms with Crippen LogP contribution in [0.5, 0.6) is 0 Å². The molecule has 0 aliphatic carbocycles. The summed E-state index contributed by atoms with van der Waals surface area (Å²) in [6, 6.07) is 16.4. The first-order chi connectivity index (χ1) is 15.6. The number of aryl methyl sites for hydroxylation is 2. The minimum atomic E-state index is -2.08. The fourth-order valence-electron chi connectivity index (χ4n) is 4.12. The first-order valence-electron chi connectivity index (χ1n) is 10.3. The van der Waals surface area contributed by atoms with Crippen LogP contribution in [0.15, 0.2) is 65.1 Å². The van der Waals surface area contributed by atoms with Crippen LogP contribution < -0.4 is 4.90 Å². The molecule has 0 bridgehead atoms. The van der Waals surface area contributed by atoms with E-state index in [1.807, 2.05) is 32.0 Å². The molecule has 1 heterocycles. The second kappa shape index (κ2) is 8.53. The van der Waals surface area contributed by atoms with Crippen molar-refractivity contribution in [1.82, 2.24) is 0 Å². The van der Waals surface area contributed by atoms with Crippen molar-refractivity contribution in [3.8, 4) is 0 Å². The van der Waals surface area contributed by atoms with E-state index in [0.29, 0.717) is 15.7 Å². The number of nitro groups is 1. The quantitative estimate of drug-likeness (QED) is 0.287. The molecule has 7 nitrogen and oxygen atoms in total. The van der Waals surface area contributed by atoms with E-state index in [2.05, 4.69) is 15.9 Å². The SMILES string of the molecule is Cc1ccc(C)c(CN2C(=O)C(O)(CC(=O)c3cccc([N+](=O)[O-])c3)c3cc(Br)ccc32)c1. The molecule has 8 heteroatoms. The van der Waals surface area contributed by atoms with Crippen molar-refractivity contribution in [2.75, 3.05) is 4.90 Å². The number of Topliss-reactive ketones (excluding diaryl/α,β-unsaturated/α-hetero) is 1. The number of carbonyl (C=O) groups excluding carboxylic acids is 2. The maximum Gasteiger partial charge on any atom is 0.270 e. The van der Waals surface area contributed by atoms with Gasteiger partial charge in [-0.2, -0.15) is 0 Å². The van der Waals surface area contributed by atoms with Crippen LogP contribution in [0.2, 0.25) is 0 Å². The second-order valence-electron chi connectivity index (χ2n) is 8.25. The number of non-ortho nitro benzene ring substituents is 1. The Morgan fingerprint density at radius 3 is 2.61 bits per heavy atom. The van der Waals surface area contributed by atoms with Crippen molar-refractivity contribution in [2.24, 2.45) is 0 Å². The lowest BCUT2D eigenvalue weighted by Gasteiger charge is -2.23. The minimum absolute atomic E-state index is 0.0648. The van der Waals surface area contributed by atoms with Gasteiger partial charge in [-0.15, -0.1) is 0 Å². The van der Waals surface area contributed by atoms with Gasteiger partial charge >= 0.3 is 0 Å². The lowest BCUT2D eigenvalue weighted by atomic mass is 9.88. The Bertz CT molecular complexity index is 1310. The number of benzene rings is 3. The number of ketones is 1. The lowest BCUT2D eigenvalue weighted by molar-refractivity contribution is -0.384. The Balaban J connectivity index is 1.72. The van der Waals surface area contributed by atoms with Crippen molar-refractivity contribution in [1.29, 1.82) is 0 Å². The van der Waals surface area contributed by atoms with Crippen molar-refractivity contribution >= 4 is 39.0 Å². The lowest BCUT2D eigenvalue weighted by Crippen LogP contribution is -2.41. The number of amides is 1. The molecule has 3 aromatic rings. The third-order valence-corrected chi connectivity index (χ3v) is 6.42. The summed E-state index contributed by atoms with van der Waals surface area (Å²) in [6.45, 7) is 4.16.